The van der Waals surface area contributed by atoms with E-state index in [-0.39, 0.29) is 12.5 Å². The van der Waals surface area contributed by atoms with E-state index in [0.29, 0.717) is 11.8 Å². The van der Waals surface area contributed by atoms with Crippen LogP contribution in [0, 0.1) is 6.92 Å². The lowest BCUT2D eigenvalue weighted by atomic mass is 9.94. The number of aryl methyl sites for hydroxylation is 2. The number of aromatic nitrogens is 3. The second-order valence-corrected chi connectivity index (χ2v) is 7.84. The molecular formula is C23H31N3O2. The number of methoxy groups -OCH3 is 1. The quantitative estimate of drug-likeness (QED) is 0.629. The third-order valence-electron chi connectivity index (χ3n) is 5.39. The number of ether oxygens (including phenoxy) is 1. The predicted molar refractivity (Wildman–Crippen MR) is 114 cm³/mol. The molecule has 0 amide bonds. The van der Waals surface area contributed by atoms with Crippen LogP contribution >= 0.6 is 0 Å². The molecule has 0 aromatic carbocycles. The summed E-state index contributed by atoms with van der Waals surface area (Å²) >= 11 is 0. The summed E-state index contributed by atoms with van der Waals surface area (Å²) in [6, 6.07) is 6.29. The van der Waals surface area contributed by atoms with Gasteiger partial charge in [-0.05, 0) is 48.6 Å². The van der Waals surface area contributed by atoms with Gasteiger partial charge in [-0.25, -0.2) is 9.97 Å². The molecule has 1 atom stereocenters. The van der Waals surface area contributed by atoms with Crippen LogP contribution in [0.1, 0.15) is 62.3 Å². The van der Waals surface area contributed by atoms with Gasteiger partial charge in [0.25, 0.3) is 0 Å². The van der Waals surface area contributed by atoms with Gasteiger partial charge in [-0.1, -0.05) is 27.2 Å². The molecule has 0 aliphatic rings. The molecule has 5 nitrogen and oxygen atoms in total. The van der Waals surface area contributed by atoms with Crippen molar-refractivity contribution in [3.05, 3.63) is 41.2 Å². The number of pyridine rings is 2. The Morgan fingerprint density at radius 2 is 1.96 bits per heavy atom. The van der Waals surface area contributed by atoms with E-state index < -0.39 is 0 Å². The minimum atomic E-state index is 0.141. The lowest BCUT2D eigenvalue weighted by Gasteiger charge is -2.14. The maximum absolute atomic E-state index is 9.87. The van der Waals surface area contributed by atoms with Gasteiger partial charge in [0.1, 0.15) is 5.65 Å². The third-order valence-corrected chi connectivity index (χ3v) is 5.39. The Hall–Kier alpha value is -2.40. The number of hydrogen-bond donors (Lipinski definition) is 1. The highest BCUT2D eigenvalue weighted by atomic mass is 16.5. The molecule has 3 aromatic rings. The van der Waals surface area contributed by atoms with Crippen molar-refractivity contribution in [2.24, 2.45) is 7.05 Å². The molecule has 150 valence electrons. The zero-order valence-electron chi connectivity index (χ0n) is 17.8. The van der Waals surface area contributed by atoms with E-state index in [1.54, 1.807) is 7.11 Å². The van der Waals surface area contributed by atoms with Crippen LogP contribution < -0.4 is 4.74 Å². The van der Waals surface area contributed by atoms with Gasteiger partial charge in [0.05, 0.1) is 25.0 Å². The summed E-state index contributed by atoms with van der Waals surface area (Å²) in [6.07, 6.45) is 4.11. The van der Waals surface area contributed by atoms with Crippen LogP contribution in [0.5, 0.6) is 5.88 Å². The van der Waals surface area contributed by atoms with Crippen LogP contribution in [0.15, 0.2) is 24.4 Å². The van der Waals surface area contributed by atoms with Gasteiger partial charge in [0.15, 0.2) is 0 Å². The van der Waals surface area contributed by atoms with E-state index in [1.165, 1.54) is 5.56 Å². The smallest absolute Gasteiger partial charge is 0.222 e. The predicted octanol–water partition coefficient (Wildman–Crippen LogP) is 4.95. The van der Waals surface area contributed by atoms with Gasteiger partial charge < -0.3 is 14.4 Å². The van der Waals surface area contributed by atoms with E-state index in [1.807, 2.05) is 17.7 Å². The first-order valence-corrected chi connectivity index (χ1v) is 10.0. The van der Waals surface area contributed by atoms with Crippen LogP contribution in [-0.2, 0) is 7.05 Å². The Kier molecular flexibility index (Phi) is 6.04. The van der Waals surface area contributed by atoms with Crippen molar-refractivity contribution in [2.45, 2.75) is 52.4 Å². The summed E-state index contributed by atoms with van der Waals surface area (Å²) in [7, 11) is 3.66. The first kappa shape index (κ1) is 20.3. The second-order valence-electron chi connectivity index (χ2n) is 7.84. The molecule has 3 aromatic heterocycles. The van der Waals surface area contributed by atoms with Crippen molar-refractivity contribution in [1.82, 2.24) is 14.5 Å². The molecule has 28 heavy (non-hydrogen) atoms. The third kappa shape index (κ3) is 3.63. The first-order valence-electron chi connectivity index (χ1n) is 10.0. The molecule has 0 saturated carbocycles. The Balaban J connectivity index is 2.17. The molecule has 0 aliphatic carbocycles. The summed E-state index contributed by atoms with van der Waals surface area (Å²) in [5.74, 6) is 1.08. The van der Waals surface area contributed by atoms with Gasteiger partial charge in [-0.2, -0.15) is 0 Å². The Morgan fingerprint density at radius 3 is 2.57 bits per heavy atom. The van der Waals surface area contributed by atoms with Crippen LogP contribution in [0.3, 0.4) is 0 Å². The van der Waals surface area contributed by atoms with E-state index in [9.17, 15) is 5.11 Å². The van der Waals surface area contributed by atoms with Gasteiger partial charge in [-0.3, -0.25) is 0 Å². The minimum absolute atomic E-state index is 0.141. The SMILES string of the molecule is CCC[C@@H](CO)c1cn(C)c2nc(-c3ccc(C(C)C)nc3OC)c(C)cc12. The highest BCUT2D eigenvalue weighted by molar-refractivity contribution is 5.86. The number of aliphatic hydroxyl groups excluding tert-OH is 1. The fourth-order valence-electron chi connectivity index (χ4n) is 3.83. The summed E-state index contributed by atoms with van der Waals surface area (Å²) in [6.45, 7) is 8.62. The molecule has 0 fully saturated rings. The van der Waals surface area contributed by atoms with Gasteiger partial charge in [0.2, 0.25) is 5.88 Å². The van der Waals surface area contributed by atoms with Crippen LogP contribution in [0.4, 0.5) is 0 Å². The first-order chi connectivity index (χ1) is 13.4. The van der Waals surface area contributed by atoms with E-state index in [2.05, 4.69) is 51.0 Å². The van der Waals surface area contributed by atoms with Crippen LogP contribution in [0.25, 0.3) is 22.3 Å². The van der Waals surface area contributed by atoms with E-state index >= 15 is 0 Å². The van der Waals surface area contributed by atoms with Crippen molar-refractivity contribution in [3.8, 4) is 17.1 Å². The fourth-order valence-corrected chi connectivity index (χ4v) is 3.83. The van der Waals surface area contributed by atoms with Crippen molar-refractivity contribution in [3.63, 3.8) is 0 Å². The summed E-state index contributed by atoms with van der Waals surface area (Å²) < 4.78 is 7.64. The zero-order valence-corrected chi connectivity index (χ0v) is 17.8. The number of fused-ring (bicyclic) bond motifs is 1. The monoisotopic (exact) mass is 381 g/mol. The fraction of sp³-hybridized carbons (Fsp3) is 0.478. The highest BCUT2D eigenvalue weighted by Gasteiger charge is 2.20. The van der Waals surface area contributed by atoms with Crippen LogP contribution in [0.2, 0.25) is 0 Å². The molecule has 0 saturated heterocycles. The molecule has 3 rings (SSSR count). The normalized spacial score (nSPS) is 12.7. The topological polar surface area (TPSA) is 60.2 Å². The number of aliphatic hydroxyl groups is 1. The van der Waals surface area contributed by atoms with Crippen molar-refractivity contribution in [1.29, 1.82) is 0 Å². The molecule has 0 bridgehead atoms. The highest BCUT2D eigenvalue weighted by Crippen LogP contribution is 2.35. The molecular weight excluding hydrogens is 350 g/mol. The van der Waals surface area contributed by atoms with Gasteiger partial charge in [0, 0.05) is 30.2 Å². The second kappa shape index (κ2) is 8.31. The maximum atomic E-state index is 9.87. The van der Waals surface area contributed by atoms with Gasteiger partial charge >= 0.3 is 0 Å². The molecule has 0 aliphatic heterocycles. The van der Waals surface area contributed by atoms with Crippen molar-refractivity contribution in [2.75, 3.05) is 13.7 Å². The van der Waals surface area contributed by atoms with E-state index in [0.717, 1.165) is 46.4 Å². The molecule has 0 spiro atoms. The van der Waals surface area contributed by atoms with Crippen molar-refractivity contribution >= 4 is 11.0 Å². The number of rotatable bonds is 7. The van der Waals surface area contributed by atoms with Crippen LogP contribution in [-0.4, -0.2) is 33.4 Å². The minimum Gasteiger partial charge on any atom is -0.480 e. The maximum Gasteiger partial charge on any atom is 0.222 e. The summed E-state index contributed by atoms with van der Waals surface area (Å²) in [4.78, 5) is 9.67. The van der Waals surface area contributed by atoms with E-state index in [4.69, 9.17) is 9.72 Å². The average Bonchev–Trinajstić information content (AvgIpc) is 3.00. The molecule has 5 heteroatoms. The Bertz CT molecular complexity index is 976. The molecule has 3 heterocycles. The summed E-state index contributed by atoms with van der Waals surface area (Å²) in [5.41, 5.74) is 5.96. The van der Waals surface area contributed by atoms with Gasteiger partial charge in [-0.15, -0.1) is 0 Å². The summed E-state index contributed by atoms with van der Waals surface area (Å²) in [5, 5.41) is 11.0. The molecule has 1 N–H and O–H groups in total. The lowest BCUT2D eigenvalue weighted by Crippen LogP contribution is -2.03. The molecule has 0 radical (unpaired) electrons. The lowest BCUT2D eigenvalue weighted by molar-refractivity contribution is 0.259. The largest absolute Gasteiger partial charge is 0.480 e. The van der Waals surface area contributed by atoms with Crippen molar-refractivity contribution < 1.29 is 9.84 Å². The number of nitrogens with zero attached hydrogens (tertiary/aromatic N) is 3. The standard InChI is InChI=1S/C23H31N3O2/c1-7-8-16(13-27)19-12-26(5)22-18(19)11-15(4)21(25-22)17-9-10-20(14(2)3)24-23(17)28-6/h9-12,14,16,27H,7-8,13H2,1-6H3/t16-/m0/s1. The number of hydrogen-bond acceptors (Lipinski definition) is 4. The Labute approximate surface area is 167 Å². The zero-order chi connectivity index (χ0) is 20.4. The Morgan fingerprint density at radius 1 is 1.21 bits per heavy atom. The average molecular weight is 382 g/mol. The molecule has 0 unspecified atom stereocenters.